The minimum Gasteiger partial charge on any atom is -0.486 e. The number of hydrogen-bond donors (Lipinski definition) is 0. The number of aromatic nitrogens is 1. The number of hydrogen-bond acceptors (Lipinski definition) is 5. The van der Waals surface area contributed by atoms with Crippen LogP contribution in [0.5, 0.6) is 5.75 Å². The second-order valence-corrected chi connectivity index (χ2v) is 7.46. The Bertz CT molecular complexity index is 747. The molecule has 2 saturated heterocycles. The molecule has 0 aromatic carbocycles. The second kappa shape index (κ2) is 6.98. The van der Waals surface area contributed by atoms with E-state index in [-0.39, 0.29) is 17.6 Å². The average molecular weight is 356 g/mol. The standard InChI is InChI=1S/C19H20N2O3S/c22-18(6-5-17-4-2-10-25-17)21-9-7-19(14-21)11-16(13-23-19)24-15-3-1-8-20-12-15/h1-6,8,10,12,16H,7,9,11,13-14H2/b6-5+/t16-,19-/m0/s1. The molecule has 6 heteroatoms. The monoisotopic (exact) mass is 356 g/mol. The first kappa shape index (κ1) is 16.3. The van der Waals surface area contributed by atoms with E-state index in [4.69, 9.17) is 9.47 Å². The molecule has 2 aromatic rings. The lowest BCUT2D eigenvalue weighted by Gasteiger charge is -2.22. The Morgan fingerprint density at radius 1 is 1.44 bits per heavy atom. The van der Waals surface area contributed by atoms with Gasteiger partial charge in [-0.15, -0.1) is 11.3 Å². The molecule has 0 radical (unpaired) electrons. The van der Waals surface area contributed by atoms with Gasteiger partial charge in [0.2, 0.25) is 5.91 Å². The molecule has 2 fully saturated rings. The maximum atomic E-state index is 12.4. The zero-order valence-corrected chi connectivity index (χ0v) is 14.7. The van der Waals surface area contributed by atoms with Gasteiger partial charge in [-0.2, -0.15) is 0 Å². The molecule has 2 aromatic heterocycles. The quantitative estimate of drug-likeness (QED) is 0.791. The Labute approximate surface area is 150 Å². The van der Waals surface area contributed by atoms with Crippen LogP contribution in [-0.2, 0) is 9.53 Å². The number of pyridine rings is 1. The van der Waals surface area contributed by atoms with Crippen molar-refractivity contribution in [1.29, 1.82) is 0 Å². The van der Waals surface area contributed by atoms with E-state index in [0.717, 1.165) is 30.0 Å². The predicted octanol–water partition coefficient (Wildman–Crippen LogP) is 3.00. The second-order valence-electron chi connectivity index (χ2n) is 6.49. The van der Waals surface area contributed by atoms with E-state index in [1.54, 1.807) is 29.8 Å². The maximum absolute atomic E-state index is 12.4. The topological polar surface area (TPSA) is 51.7 Å². The molecule has 2 aliphatic rings. The number of rotatable bonds is 4. The van der Waals surface area contributed by atoms with Crippen LogP contribution in [0.1, 0.15) is 17.7 Å². The molecule has 1 amide bonds. The molecule has 0 saturated carbocycles. The van der Waals surface area contributed by atoms with Gasteiger partial charge in [0.25, 0.3) is 0 Å². The predicted molar refractivity (Wildman–Crippen MR) is 96.5 cm³/mol. The van der Waals surface area contributed by atoms with E-state index in [2.05, 4.69) is 4.98 Å². The molecule has 5 nitrogen and oxygen atoms in total. The maximum Gasteiger partial charge on any atom is 0.246 e. The normalized spacial score (nSPS) is 25.9. The third-order valence-corrected chi connectivity index (χ3v) is 5.51. The molecule has 130 valence electrons. The number of likely N-dealkylation sites (tertiary alicyclic amines) is 1. The van der Waals surface area contributed by atoms with Crippen LogP contribution in [0.4, 0.5) is 0 Å². The van der Waals surface area contributed by atoms with Crippen molar-refractivity contribution in [1.82, 2.24) is 9.88 Å². The van der Waals surface area contributed by atoms with Crippen molar-refractivity contribution in [2.24, 2.45) is 0 Å². The molecular weight excluding hydrogens is 336 g/mol. The number of ether oxygens (including phenoxy) is 2. The van der Waals surface area contributed by atoms with Gasteiger partial charge < -0.3 is 14.4 Å². The number of carbonyl (C=O) groups is 1. The Morgan fingerprint density at radius 2 is 2.40 bits per heavy atom. The fourth-order valence-electron chi connectivity index (χ4n) is 3.45. The van der Waals surface area contributed by atoms with Crippen molar-refractivity contribution in [2.75, 3.05) is 19.7 Å². The summed E-state index contributed by atoms with van der Waals surface area (Å²) >= 11 is 1.62. The summed E-state index contributed by atoms with van der Waals surface area (Å²) < 4.78 is 12.0. The Kier molecular flexibility index (Phi) is 4.55. The number of carbonyl (C=O) groups excluding carboxylic acids is 1. The van der Waals surface area contributed by atoms with Gasteiger partial charge in [-0.1, -0.05) is 6.07 Å². The van der Waals surface area contributed by atoms with Gasteiger partial charge in [0.05, 0.1) is 24.9 Å². The van der Waals surface area contributed by atoms with Crippen LogP contribution < -0.4 is 4.74 Å². The minimum absolute atomic E-state index is 0.0147. The molecule has 2 aliphatic heterocycles. The summed E-state index contributed by atoms with van der Waals surface area (Å²) in [5.74, 6) is 0.809. The highest BCUT2D eigenvalue weighted by atomic mass is 32.1. The van der Waals surface area contributed by atoms with Crippen molar-refractivity contribution >= 4 is 23.3 Å². The van der Waals surface area contributed by atoms with Crippen LogP contribution in [0.25, 0.3) is 6.08 Å². The zero-order chi connectivity index (χ0) is 17.1. The Balaban J connectivity index is 1.33. The first-order valence-corrected chi connectivity index (χ1v) is 9.32. The summed E-state index contributed by atoms with van der Waals surface area (Å²) in [6.45, 7) is 1.92. The highest BCUT2D eigenvalue weighted by Gasteiger charge is 2.47. The Hall–Kier alpha value is -2.18. The smallest absolute Gasteiger partial charge is 0.246 e. The lowest BCUT2D eigenvalue weighted by molar-refractivity contribution is -0.126. The van der Waals surface area contributed by atoms with Gasteiger partial charge in [0.15, 0.2) is 0 Å². The van der Waals surface area contributed by atoms with E-state index in [0.29, 0.717) is 13.2 Å². The van der Waals surface area contributed by atoms with Crippen LogP contribution in [-0.4, -0.2) is 47.2 Å². The summed E-state index contributed by atoms with van der Waals surface area (Å²) in [5, 5.41) is 2.00. The summed E-state index contributed by atoms with van der Waals surface area (Å²) in [4.78, 5) is 19.4. The number of thiophene rings is 1. The molecule has 2 atom stereocenters. The van der Waals surface area contributed by atoms with Gasteiger partial charge in [-0.05, 0) is 36.1 Å². The van der Waals surface area contributed by atoms with Crippen molar-refractivity contribution in [3.05, 3.63) is 53.0 Å². The molecular formula is C19H20N2O3S. The first-order valence-electron chi connectivity index (χ1n) is 8.44. The molecule has 4 heterocycles. The van der Waals surface area contributed by atoms with Crippen molar-refractivity contribution in [2.45, 2.75) is 24.5 Å². The van der Waals surface area contributed by atoms with Gasteiger partial charge in [-0.25, -0.2) is 0 Å². The number of amides is 1. The van der Waals surface area contributed by atoms with Crippen molar-refractivity contribution < 1.29 is 14.3 Å². The molecule has 0 unspecified atom stereocenters. The minimum atomic E-state index is -0.265. The molecule has 0 bridgehead atoms. The van der Waals surface area contributed by atoms with Gasteiger partial charge in [-0.3, -0.25) is 9.78 Å². The molecule has 0 aliphatic carbocycles. The first-order chi connectivity index (χ1) is 12.2. The van der Waals surface area contributed by atoms with E-state index in [9.17, 15) is 4.79 Å². The van der Waals surface area contributed by atoms with Gasteiger partial charge >= 0.3 is 0 Å². The average Bonchev–Trinajstić information content (AvgIpc) is 3.37. The molecule has 4 rings (SSSR count). The van der Waals surface area contributed by atoms with Crippen LogP contribution in [0.15, 0.2) is 48.1 Å². The highest BCUT2D eigenvalue weighted by molar-refractivity contribution is 7.10. The molecule has 25 heavy (non-hydrogen) atoms. The van der Waals surface area contributed by atoms with Crippen LogP contribution in [0.3, 0.4) is 0 Å². The van der Waals surface area contributed by atoms with Crippen molar-refractivity contribution in [3.63, 3.8) is 0 Å². The summed E-state index contributed by atoms with van der Waals surface area (Å²) in [6, 6.07) is 7.74. The van der Waals surface area contributed by atoms with E-state index in [1.807, 2.05) is 40.6 Å². The van der Waals surface area contributed by atoms with Crippen LogP contribution in [0, 0.1) is 0 Å². The van der Waals surface area contributed by atoms with E-state index < -0.39 is 0 Å². The van der Waals surface area contributed by atoms with E-state index >= 15 is 0 Å². The lowest BCUT2D eigenvalue weighted by Crippen LogP contribution is -2.35. The number of nitrogens with zero attached hydrogens (tertiary/aromatic N) is 2. The third-order valence-electron chi connectivity index (χ3n) is 4.67. The fraction of sp³-hybridized carbons (Fsp3) is 0.368. The van der Waals surface area contributed by atoms with Gasteiger partial charge in [0, 0.05) is 30.1 Å². The fourth-order valence-corrected chi connectivity index (χ4v) is 4.07. The Morgan fingerprint density at radius 3 is 3.20 bits per heavy atom. The summed E-state index contributed by atoms with van der Waals surface area (Å²) in [6.07, 6.45) is 8.65. The lowest BCUT2D eigenvalue weighted by atomic mass is 9.98. The summed E-state index contributed by atoms with van der Waals surface area (Å²) in [5.41, 5.74) is -0.265. The molecule has 0 N–H and O–H groups in total. The summed E-state index contributed by atoms with van der Waals surface area (Å²) in [7, 11) is 0. The largest absolute Gasteiger partial charge is 0.486 e. The van der Waals surface area contributed by atoms with Crippen LogP contribution >= 0.6 is 11.3 Å². The highest BCUT2D eigenvalue weighted by Crippen LogP contribution is 2.36. The van der Waals surface area contributed by atoms with E-state index in [1.165, 1.54) is 0 Å². The van der Waals surface area contributed by atoms with Crippen LogP contribution in [0.2, 0.25) is 0 Å². The zero-order valence-electron chi connectivity index (χ0n) is 13.8. The third kappa shape index (κ3) is 3.75. The molecule has 1 spiro atoms. The van der Waals surface area contributed by atoms with Gasteiger partial charge in [0.1, 0.15) is 11.9 Å². The SMILES string of the molecule is O=C(/C=C/c1cccs1)N1CC[C@]2(C[C@H](Oc3cccnc3)CO2)C1. The van der Waals surface area contributed by atoms with Crippen molar-refractivity contribution in [3.8, 4) is 5.75 Å².